The maximum Gasteiger partial charge on any atom is 0.340 e. The van der Waals surface area contributed by atoms with E-state index in [-0.39, 0.29) is 11.7 Å². The second kappa shape index (κ2) is 10.3. The summed E-state index contributed by atoms with van der Waals surface area (Å²) in [4.78, 5) is 12.1. The average Bonchev–Trinajstić information content (AvgIpc) is 2.64. The van der Waals surface area contributed by atoms with Gasteiger partial charge in [0, 0.05) is 18.2 Å². The van der Waals surface area contributed by atoms with Crippen LogP contribution in [0.4, 0.5) is 17.1 Å². The molecular weight excluding hydrogens is 409 g/mol. The molecule has 9 heteroatoms. The van der Waals surface area contributed by atoms with Crippen LogP contribution < -0.4 is 16.0 Å². The lowest BCUT2D eigenvalue weighted by atomic mass is 10.1. The fourth-order valence-electron chi connectivity index (χ4n) is 2.29. The molecule has 0 saturated carbocycles. The van der Waals surface area contributed by atoms with Crippen molar-refractivity contribution in [1.82, 2.24) is 0 Å². The molecule has 27 heavy (non-hydrogen) atoms. The molecule has 0 spiro atoms. The highest BCUT2D eigenvalue weighted by molar-refractivity contribution is 7.80. The third kappa shape index (κ3) is 5.97. The van der Waals surface area contributed by atoms with Crippen LogP contribution in [0.15, 0.2) is 36.4 Å². The minimum atomic E-state index is -0.482. The number of anilines is 3. The zero-order chi connectivity index (χ0) is 19.8. The zero-order valence-electron chi connectivity index (χ0n) is 14.5. The van der Waals surface area contributed by atoms with Crippen molar-refractivity contribution in [2.45, 2.75) is 6.42 Å². The Bertz CT molecular complexity index is 833. The van der Waals surface area contributed by atoms with Gasteiger partial charge in [-0.05, 0) is 49.0 Å². The molecule has 0 aliphatic rings. The number of methoxy groups -OCH3 is 1. The molecule has 6 nitrogen and oxygen atoms in total. The quantitative estimate of drug-likeness (QED) is 0.296. The van der Waals surface area contributed by atoms with Crippen molar-refractivity contribution in [3.63, 3.8) is 0 Å². The van der Waals surface area contributed by atoms with Crippen LogP contribution in [0, 0.1) is 0 Å². The first kappa shape index (κ1) is 21.2. The van der Waals surface area contributed by atoms with Crippen LogP contribution in [0.2, 0.25) is 10.0 Å². The number of halogens is 2. The number of nitrogens with one attached hydrogen (secondary N) is 3. The van der Waals surface area contributed by atoms with Gasteiger partial charge in [0.2, 0.25) is 0 Å². The fraction of sp³-hybridized carbons (Fsp3) is 0.222. The van der Waals surface area contributed by atoms with Crippen LogP contribution in [-0.2, 0) is 4.74 Å². The first-order chi connectivity index (χ1) is 13.0. The number of rotatable bonds is 7. The number of thiocarbonyl (C=S) groups is 1. The number of ether oxygens (including phenoxy) is 1. The molecule has 0 unspecified atom stereocenters. The third-order valence-corrected chi connectivity index (χ3v) is 4.29. The van der Waals surface area contributed by atoms with Gasteiger partial charge in [-0.25, -0.2) is 4.79 Å². The lowest BCUT2D eigenvalue weighted by Crippen LogP contribution is -2.21. The largest absolute Gasteiger partial charge is 0.465 e. The van der Waals surface area contributed by atoms with Crippen molar-refractivity contribution in [3.05, 3.63) is 52.0 Å². The maximum absolute atomic E-state index is 12.1. The Balaban J connectivity index is 2.22. The summed E-state index contributed by atoms with van der Waals surface area (Å²) in [6.07, 6.45) is 0.526. The molecule has 0 fully saturated rings. The Hall–Kier alpha value is -2.06. The first-order valence-corrected chi connectivity index (χ1v) is 9.21. The SMILES string of the molecule is COC(=O)c1cccc(NC(=S)Nc2ccc(Cl)cc2Cl)c1NCCCO. The van der Waals surface area contributed by atoms with Gasteiger partial charge in [0.05, 0.1) is 34.8 Å². The second-order valence-electron chi connectivity index (χ2n) is 5.43. The van der Waals surface area contributed by atoms with Gasteiger partial charge in [0.1, 0.15) is 0 Å². The summed E-state index contributed by atoms with van der Waals surface area (Å²) in [5.41, 5.74) is 2.06. The molecule has 0 atom stereocenters. The van der Waals surface area contributed by atoms with Gasteiger partial charge in [-0.1, -0.05) is 29.3 Å². The summed E-state index contributed by atoms with van der Waals surface area (Å²) in [6.45, 7) is 0.508. The highest BCUT2D eigenvalue weighted by Crippen LogP contribution is 2.29. The van der Waals surface area contributed by atoms with Crippen molar-refractivity contribution in [3.8, 4) is 0 Å². The third-order valence-electron chi connectivity index (χ3n) is 3.53. The van der Waals surface area contributed by atoms with Gasteiger partial charge in [-0.15, -0.1) is 0 Å². The van der Waals surface area contributed by atoms with E-state index in [1.165, 1.54) is 7.11 Å². The van der Waals surface area contributed by atoms with E-state index in [1.807, 2.05) is 0 Å². The number of carbonyl (C=O) groups excluding carboxylic acids is 1. The van der Waals surface area contributed by atoms with Crippen LogP contribution in [0.5, 0.6) is 0 Å². The molecule has 0 aliphatic carbocycles. The molecule has 2 rings (SSSR count). The summed E-state index contributed by atoms with van der Waals surface area (Å²) in [5.74, 6) is -0.482. The summed E-state index contributed by atoms with van der Waals surface area (Å²) >= 11 is 17.4. The minimum Gasteiger partial charge on any atom is -0.465 e. The first-order valence-electron chi connectivity index (χ1n) is 8.05. The summed E-state index contributed by atoms with van der Waals surface area (Å²) in [6, 6.07) is 10.1. The molecular formula is C18H19Cl2N3O3S. The predicted octanol–water partition coefficient (Wildman–Crippen LogP) is 4.38. The van der Waals surface area contributed by atoms with Crippen LogP contribution in [0.3, 0.4) is 0 Å². The standard InChI is InChI=1S/C18H19Cl2N3O3S/c1-26-17(25)12-4-2-5-15(16(12)21-8-3-9-24)23-18(27)22-14-7-6-11(19)10-13(14)20/h2,4-7,10,21,24H,3,8-9H2,1H3,(H2,22,23,27). The van der Waals surface area contributed by atoms with E-state index in [9.17, 15) is 4.79 Å². The van der Waals surface area contributed by atoms with Crippen molar-refractivity contribution < 1.29 is 14.6 Å². The normalized spacial score (nSPS) is 10.2. The molecule has 0 aliphatic heterocycles. The van der Waals surface area contributed by atoms with Crippen LogP contribution >= 0.6 is 35.4 Å². The molecule has 0 amide bonds. The number of carbonyl (C=O) groups is 1. The van der Waals surface area contributed by atoms with Gasteiger partial charge >= 0.3 is 5.97 Å². The van der Waals surface area contributed by atoms with Crippen molar-refractivity contribution in [2.75, 3.05) is 36.2 Å². The summed E-state index contributed by atoms with van der Waals surface area (Å²) < 4.78 is 4.83. The van der Waals surface area contributed by atoms with E-state index in [4.69, 9.17) is 45.3 Å². The summed E-state index contributed by atoms with van der Waals surface area (Å²) in [7, 11) is 1.31. The molecule has 4 N–H and O–H groups in total. The van der Waals surface area contributed by atoms with Crippen LogP contribution in [0.25, 0.3) is 0 Å². The number of esters is 1. The molecule has 144 valence electrons. The maximum atomic E-state index is 12.1. The van der Waals surface area contributed by atoms with Gasteiger partial charge in [-0.3, -0.25) is 0 Å². The second-order valence-corrected chi connectivity index (χ2v) is 6.68. The number of hydrogen-bond acceptors (Lipinski definition) is 5. The van der Waals surface area contributed by atoms with E-state index in [1.54, 1.807) is 36.4 Å². The molecule has 2 aromatic carbocycles. The number of benzene rings is 2. The molecule has 0 radical (unpaired) electrons. The van der Waals surface area contributed by atoms with Gasteiger partial charge in [0.25, 0.3) is 0 Å². The van der Waals surface area contributed by atoms with Crippen LogP contribution in [-0.4, -0.2) is 36.4 Å². The van der Waals surface area contributed by atoms with E-state index in [0.29, 0.717) is 45.6 Å². The van der Waals surface area contributed by atoms with Crippen LogP contribution in [0.1, 0.15) is 16.8 Å². The lowest BCUT2D eigenvalue weighted by molar-refractivity contribution is 0.0602. The topological polar surface area (TPSA) is 82.6 Å². The Morgan fingerprint density at radius 2 is 1.93 bits per heavy atom. The Morgan fingerprint density at radius 1 is 1.19 bits per heavy atom. The Morgan fingerprint density at radius 3 is 2.59 bits per heavy atom. The Labute approximate surface area is 172 Å². The molecule has 2 aromatic rings. The average molecular weight is 428 g/mol. The zero-order valence-corrected chi connectivity index (χ0v) is 16.8. The Kier molecular flexibility index (Phi) is 8.12. The van der Waals surface area contributed by atoms with E-state index < -0.39 is 5.97 Å². The molecule has 0 saturated heterocycles. The number of hydrogen-bond donors (Lipinski definition) is 4. The van der Waals surface area contributed by atoms with E-state index >= 15 is 0 Å². The van der Waals surface area contributed by atoms with Gasteiger partial charge in [0.15, 0.2) is 5.11 Å². The van der Waals surface area contributed by atoms with E-state index in [0.717, 1.165) is 0 Å². The number of para-hydroxylation sites is 1. The van der Waals surface area contributed by atoms with E-state index in [2.05, 4.69) is 16.0 Å². The lowest BCUT2D eigenvalue weighted by Gasteiger charge is -2.18. The van der Waals surface area contributed by atoms with Crippen molar-refractivity contribution >= 4 is 63.6 Å². The van der Waals surface area contributed by atoms with Crippen molar-refractivity contribution in [1.29, 1.82) is 0 Å². The smallest absolute Gasteiger partial charge is 0.340 e. The van der Waals surface area contributed by atoms with Gasteiger partial charge in [-0.2, -0.15) is 0 Å². The molecule has 0 heterocycles. The number of aliphatic hydroxyl groups excluding tert-OH is 1. The molecule has 0 bridgehead atoms. The fourth-order valence-corrected chi connectivity index (χ4v) is 2.96. The minimum absolute atomic E-state index is 0.0329. The highest BCUT2D eigenvalue weighted by Gasteiger charge is 2.16. The monoisotopic (exact) mass is 427 g/mol. The molecule has 0 aromatic heterocycles. The number of aliphatic hydroxyl groups is 1. The van der Waals surface area contributed by atoms with Crippen molar-refractivity contribution in [2.24, 2.45) is 0 Å². The van der Waals surface area contributed by atoms with Gasteiger partial charge < -0.3 is 25.8 Å². The predicted molar refractivity (Wildman–Crippen MR) is 114 cm³/mol. The highest BCUT2D eigenvalue weighted by atomic mass is 35.5. The summed E-state index contributed by atoms with van der Waals surface area (Å²) in [5, 5.41) is 19.4.